The summed E-state index contributed by atoms with van der Waals surface area (Å²) in [7, 11) is 1.67. The fraction of sp³-hybridized carbons (Fsp3) is 0.556. The number of terminal acetylenes is 1. The van der Waals surface area contributed by atoms with Crippen LogP contribution in [0.15, 0.2) is 12.3 Å². The summed E-state index contributed by atoms with van der Waals surface area (Å²) >= 11 is 0. The maximum Gasteiger partial charge on any atom is 0.241 e. The first kappa shape index (κ1) is 16.7. The van der Waals surface area contributed by atoms with Crippen molar-refractivity contribution < 1.29 is 9.84 Å². The molecule has 0 radical (unpaired) electrons. The SMILES string of the molecule is C#Cc1cc([C@H]2CC[C@H](O)CC2)n2nc(NC(C)COC)ncc12. The topological polar surface area (TPSA) is 71.7 Å². The van der Waals surface area contributed by atoms with Gasteiger partial charge in [0.05, 0.1) is 30.0 Å². The summed E-state index contributed by atoms with van der Waals surface area (Å²) in [4.78, 5) is 4.37. The maximum absolute atomic E-state index is 9.75. The van der Waals surface area contributed by atoms with E-state index in [4.69, 9.17) is 11.2 Å². The fourth-order valence-electron chi connectivity index (χ4n) is 3.37. The fourth-order valence-corrected chi connectivity index (χ4v) is 3.37. The molecule has 128 valence electrons. The highest BCUT2D eigenvalue weighted by Crippen LogP contribution is 2.34. The lowest BCUT2D eigenvalue weighted by Crippen LogP contribution is -2.23. The van der Waals surface area contributed by atoms with Crippen molar-refractivity contribution in [2.24, 2.45) is 0 Å². The van der Waals surface area contributed by atoms with E-state index in [0.29, 0.717) is 18.5 Å². The summed E-state index contributed by atoms with van der Waals surface area (Å²) in [6.45, 7) is 2.60. The monoisotopic (exact) mass is 328 g/mol. The molecule has 2 aromatic heterocycles. The largest absolute Gasteiger partial charge is 0.393 e. The molecule has 0 aliphatic heterocycles. The van der Waals surface area contributed by atoms with Crippen LogP contribution in [0.4, 0.5) is 5.95 Å². The number of rotatable bonds is 5. The Hall–Kier alpha value is -2.10. The van der Waals surface area contributed by atoms with Gasteiger partial charge < -0.3 is 15.2 Å². The van der Waals surface area contributed by atoms with Crippen LogP contribution in [0.5, 0.6) is 0 Å². The molecule has 2 N–H and O–H groups in total. The number of hydrogen-bond acceptors (Lipinski definition) is 5. The van der Waals surface area contributed by atoms with Gasteiger partial charge in [-0.3, -0.25) is 0 Å². The number of nitrogens with zero attached hydrogens (tertiary/aromatic N) is 3. The first-order chi connectivity index (χ1) is 11.6. The summed E-state index contributed by atoms with van der Waals surface area (Å²) in [5.74, 6) is 3.65. The average molecular weight is 328 g/mol. The predicted octanol–water partition coefficient (Wildman–Crippen LogP) is 2.18. The van der Waals surface area contributed by atoms with Gasteiger partial charge >= 0.3 is 0 Å². The third-order valence-electron chi connectivity index (χ3n) is 4.61. The molecule has 1 atom stereocenters. The van der Waals surface area contributed by atoms with Crippen LogP contribution in [0, 0.1) is 12.3 Å². The molecule has 6 nitrogen and oxygen atoms in total. The van der Waals surface area contributed by atoms with E-state index in [1.165, 1.54) is 0 Å². The molecule has 1 saturated carbocycles. The lowest BCUT2D eigenvalue weighted by molar-refractivity contribution is 0.121. The number of nitrogens with one attached hydrogen (secondary N) is 1. The Kier molecular flexibility index (Phi) is 5.03. The predicted molar refractivity (Wildman–Crippen MR) is 93.1 cm³/mol. The second-order valence-electron chi connectivity index (χ2n) is 6.51. The molecule has 3 rings (SSSR count). The summed E-state index contributed by atoms with van der Waals surface area (Å²) in [5, 5.41) is 17.6. The van der Waals surface area contributed by atoms with Crippen molar-refractivity contribution in [3.05, 3.63) is 23.5 Å². The maximum atomic E-state index is 9.75. The average Bonchev–Trinajstić information content (AvgIpc) is 2.94. The van der Waals surface area contributed by atoms with Gasteiger partial charge in [0.2, 0.25) is 5.95 Å². The Labute approximate surface area is 142 Å². The minimum Gasteiger partial charge on any atom is -0.393 e. The summed E-state index contributed by atoms with van der Waals surface area (Å²) in [6, 6.07) is 2.15. The molecule has 1 unspecified atom stereocenters. The van der Waals surface area contributed by atoms with E-state index in [9.17, 15) is 5.11 Å². The normalized spacial score (nSPS) is 22.2. The van der Waals surface area contributed by atoms with Crippen LogP contribution in [-0.4, -0.2) is 45.6 Å². The van der Waals surface area contributed by atoms with E-state index in [-0.39, 0.29) is 12.1 Å². The number of fused-ring (bicyclic) bond motifs is 1. The van der Waals surface area contributed by atoms with Gasteiger partial charge in [-0.25, -0.2) is 9.50 Å². The molecule has 0 bridgehead atoms. The van der Waals surface area contributed by atoms with Gasteiger partial charge in [-0.2, -0.15) is 0 Å². The Balaban J connectivity index is 1.94. The highest BCUT2D eigenvalue weighted by atomic mass is 16.5. The van der Waals surface area contributed by atoms with Gasteiger partial charge in [0.25, 0.3) is 0 Å². The molecule has 2 heterocycles. The number of hydrogen-bond donors (Lipinski definition) is 2. The van der Waals surface area contributed by atoms with Crippen molar-refractivity contribution in [2.45, 2.75) is 50.7 Å². The summed E-state index contributed by atoms with van der Waals surface area (Å²) in [5.41, 5.74) is 2.77. The number of methoxy groups -OCH3 is 1. The van der Waals surface area contributed by atoms with Gasteiger partial charge in [-0.15, -0.1) is 11.5 Å². The zero-order valence-electron chi connectivity index (χ0n) is 14.2. The van der Waals surface area contributed by atoms with Crippen molar-refractivity contribution in [3.63, 3.8) is 0 Å². The van der Waals surface area contributed by atoms with Crippen LogP contribution in [0.3, 0.4) is 0 Å². The molecule has 0 amide bonds. The van der Waals surface area contributed by atoms with E-state index in [2.05, 4.69) is 21.3 Å². The van der Waals surface area contributed by atoms with E-state index in [0.717, 1.165) is 42.5 Å². The first-order valence-electron chi connectivity index (χ1n) is 8.41. The van der Waals surface area contributed by atoms with E-state index in [1.807, 2.05) is 17.5 Å². The van der Waals surface area contributed by atoms with Gasteiger partial charge in [0.15, 0.2) is 0 Å². The molecule has 6 heteroatoms. The first-order valence-corrected chi connectivity index (χ1v) is 8.41. The Bertz CT molecular complexity index is 741. The molecule has 0 spiro atoms. The van der Waals surface area contributed by atoms with Crippen molar-refractivity contribution in [2.75, 3.05) is 19.0 Å². The second kappa shape index (κ2) is 7.20. The van der Waals surface area contributed by atoms with E-state index >= 15 is 0 Å². The van der Waals surface area contributed by atoms with Crippen molar-refractivity contribution in [1.29, 1.82) is 0 Å². The number of aliphatic hydroxyl groups is 1. The van der Waals surface area contributed by atoms with Gasteiger partial charge in [-0.1, -0.05) is 5.92 Å². The molecule has 1 fully saturated rings. The summed E-state index contributed by atoms with van der Waals surface area (Å²) in [6.07, 6.45) is 10.8. The number of anilines is 1. The van der Waals surface area contributed by atoms with Crippen LogP contribution < -0.4 is 5.32 Å². The van der Waals surface area contributed by atoms with Gasteiger partial charge in [-0.05, 0) is 38.7 Å². The third kappa shape index (κ3) is 3.37. The Morgan fingerprint density at radius 3 is 2.88 bits per heavy atom. The molecular formula is C18H24N4O2. The lowest BCUT2D eigenvalue weighted by Gasteiger charge is -2.25. The van der Waals surface area contributed by atoms with E-state index < -0.39 is 0 Å². The smallest absolute Gasteiger partial charge is 0.241 e. The molecule has 0 saturated heterocycles. The minimum absolute atomic E-state index is 0.114. The van der Waals surface area contributed by atoms with Crippen LogP contribution in [-0.2, 0) is 4.74 Å². The molecule has 1 aliphatic carbocycles. The standard InChI is InChI=1S/C18H24N4O2/c1-4-13-9-16(14-5-7-15(23)8-6-14)22-17(13)10-19-18(21-22)20-12(2)11-24-3/h1,9-10,12,14-15,23H,5-8,11H2,2-3H3,(H,20,21)/t12?,14-,15-. The molecule has 2 aromatic rings. The van der Waals surface area contributed by atoms with Crippen molar-refractivity contribution >= 4 is 11.5 Å². The second-order valence-corrected chi connectivity index (χ2v) is 6.51. The molecule has 0 aromatic carbocycles. The third-order valence-corrected chi connectivity index (χ3v) is 4.61. The molecule has 1 aliphatic rings. The van der Waals surface area contributed by atoms with Crippen molar-refractivity contribution in [1.82, 2.24) is 14.6 Å². The Morgan fingerprint density at radius 1 is 1.46 bits per heavy atom. The minimum atomic E-state index is -0.179. The number of ether oxygens (including phenoxy) is 1. The highest BCUT2D eigenvalue weighted by Gasteiger charge is 2.25. The number of aromatic nitrogens is 3. The van der Waals surface area contributed by atoms with Crippen LogP contribution in [0.1, 0.15) is 49.8 Å². The molecule has 24 heavy (non-hydrogen) atoms. The van der Waals surface area contributed by atoms with Crippen molar-refractivity contribution in [3.8, 4) is 12.3 Å². The quantitative estimate of drug-likeness (QED) is 0.823. The van der Waals surface area contributed by atoms with Crippen LogP contribution in [0.25, 0.3) is 5.52 Å². The van der Waals surface area contributed by atoms with Crippen LogP contribution >= 0.6 is 0 Å². The molecular weight excluding hydrogens is 304 g/mol. The number of aliphatic hydroxyl groups excluding tert-OH is 1. The highest BCUT2D eigenvalue weighted by molar-refractivity contribution is 5.63. The van der Waals surface area contributed by atoms with Crippen LogP contribution in [0.2, 0.25) is 0 Å². The van der Waals surface area contributed by atoms with Gasteiger partial charge in [0, 0.05) is 24.8 Å². The van der Waals surface area contributed by atoms with E-state index in [1.54, 1.807) is 13.3 Å². The summed E-state index contributed by atoms with van der Waals surface area (Å²) < 4.78 is 7.05. The zero-order valence-corrected chi connectivity index (χ0v) is 14.2. The Morgan fingerprint density at radius 2 is 2.21 bits per heavy atom. The lowest BCUT2D eigenvalue weighted by atomic mass is 9.85. The zero-order chi connectivity index (χ0) is 17.1. The van der Waals surface area contributed by atoms with Gasteiger partial charge in [0.1, 0.15) is 0 Å².